The second kappa shape index (κ2) is 8.82. The van der Waals surface area contributed by atoms with Crippen molar-refractivity contribution in [2.75, 3.05) is 18.4 Å². The van der Waals surface area contributed by atoms with Crippen molar-refractivity contribution < 1.29 is 19.1 Å². The summed E-state index contributed by atoms with van der Waals surface area (Å²) in [5, 5.41) is 3.09. The molecule has 7 heteroatoms. The zero-order valence-corrected chi connectivity index (χ0v) is 16.0. The lowest BCUT2D eigenvalue weighted by Crippen LogP contribution is -2.30. The third kappa shape index (κ3) is 4.56. The molecule has 0 radical (unpaired) electrons. The molecule has 0 unspecified atom stereocenters. The molecule has 0 spiro atoms. The number of hydrogen-bond acceptors (Lipinski definition) is 5. The smallest absolute Gasteiger partial charge is 0.341 e. The second-order valence-corrected chi connectivity index (χ2v) is 6.61. The predicted octanol–water partition coefficient (Wildman–Crippen LogP) is 3.45. The minimum atomic E-state index is -0.524. The Morgan fingerprint density at radius 2 is 1.75 bits per heavy atom. The van der Waals surface area contributed by atoms with Crippen LogP contribution >= 0.6 is 11.3 Å². The van der Waals surface area contributed by atoms with Crippen molar-refractivity contribution in [2.45, 2.75) is 54.1 Å². The SMILES string of the molecule is CCC(=O)Nc1sc(C(=O)N(CC)CC)c(C)c1C(=O)OC(C)C. The number of esters is 1. The number of thiophene rings is 1. The van der Waals surface area contributed by atoms with Gasteiger partial charge in [0, 0.05) is 19.5 Å². The summed E-state index contributed by atoms with van der Waals surface area (Å²) >= 11 is 1.13. The van der Waals surface area contributed by atoms with Crippen LogP contribution in [-0.4, -0.2) is 41.9 Å². The number of ether oxygens (including phenoxy) is 1. The van der Waals surface area contributed by atoms with Gasteiger partial charge in [-0.05, 0) is 40.2 Å². The first-order valence-electron chi connectivity index (χ1n) is 8.20. The molecule has 0 saturated carbocycles. The van der Waals surface area contributed by atoms with Gasteiger partial charge < -0.3 is 15.0 Å². The van der Waals surface area contributed by atoms with Crippen LogP contribution in [0.25, 0.3) is 0 Å². The van der Waals surface area contributed by atoms with Gasteiger partial charge in [0.2, 0.25) is 5.91 Å². The van der Waals surface area contributed by atoms with Crippen LogP contribution in [0.2, 0.25) is 0 Å². The molecular formula is C17H26N2O4S. The summed E-state index contributed by atoms with van der Waals surface area (Å²) in [5.74, 6) is -0.876. The first-order chi connectivity index (χ1) is 11.3. The predicted molar refractivity (Wildman–Crippen MR) is 95.8 cm³/mol. The number of carbonyl (C=O) groups excluding carboxylic acids is 3. The molecule has 0 saturated heterocycles. The first kappa shape index (κ1) is 20.2. The molecule has 24 heavy (non-hydrogen) atoms. The van der Waals surface area contributed by atoms with E-state index < -0.39 is 5.97 Å². The average molecular weight is 354 g/mol. The fourth-order valence-electron chi connectivity index (χ4n) is 2.19. The van der Waals surface area contributed by atoms with Crippen LogP contribution in [0.4, 0.5) is 5.00 Å². The fourth-order valence-corrected chi connectivity index (χ4v) is 3.37. The van der Waals surface area contributed by atoms with Crippen molar-refractivity contribution in [2.24, 2.45) is 0 Å². The molecule has 0 fully saturated rings. The van der Waals surface area contributed by atoms with Crippen LogP contribution in [-0.2, 0) is 9.53 Å². The Labute approximate surface area is 147 Å². The molecular weight excluding hydrogens is 328 g/mol. The molecule has 1 aromatic rings. The van der Waals surface area contributed by atoms with E-state index in [1.807, 2.05) is 13.8 Å². The summed E-state index contributed by atoms with van der Waals surface area (Å²) < 4.78 is 5.27. The van der Waals surface area contributed by atoms with E-state index in [4.69, 9.17) is 4.74 Å². The lowest BCUT2D eigenvalue weighted by atomic mass is 10.1. The highest BCUT2D eigenvalue weighted by atomic mass is 32.1. The summed E-state index contributed by atoms with van der Waals surface area (Å²) in [6, 6.07) is 0. The van der Waals surface area contributed by atoms with Gasteiger partial charge in [-0.1, -0.05) is 6.92 Å². The summed E-state index contributed by atoms with van der Waals surface area (Å²) in [4.78, 5) is 39.0. The maximum Gasteiger partial charge on any atom is 0.341 e. The number of nitrogens with zero attached hydrogens (tertiary/aromatic N) is 1. The second-order valence-electron chi connectivity index (χ2n) is 5.59. The van der Waals surface area contributed by atoms with Crippen molar-refractivity contribution in [1.29, 1.82) is 0 Å². The third-order valence-electron chi connectivity index (χ3n) is 3.51. The Balaban J connectivity index is 3.35. The van der Waals surface area contributed by atoms with Gasteiger partial charge in [-0.15, -0.1) is 11.3 Å². The van der Waals surface area contributed by atoms with Gasteiger partial charge in [0.05, 0.1) is 16.5 Å². The zero-order chi connectivity index (χ0) is 18.4. The van der Waals surface area contributed by atoms with Crippen molar-refractivity contribution in [3.05, 3.63) is 16.0 Å². The first-order valence-corrected chi connectivity index (χ1v) is 9.01. The molecule has 0 atom stereocenters. The van der Waals surface area contributed by atoms with E-state index in [1.165, 1.54) is 0 Å². The number of anilines is 1. The van der Waals surface area contributed by atoms with Gasteiger partial charge >= 0.3 is 5.97 Å². The van der Waals surface area contributed by atoms with E-state index in [-0.39, 0.29) is 29.9 Å². The lowest BCUT2D eigenvalue weighted by molar-refractivity contribution is -0.115. The maximum atomic E-state index is 12.7. The highest BCUT2D eigenvalue weighted by Gasteiger charge is 2.28. The van der Waals surface area contributed by atoms with Crippen LogP contribution in [0.1, 0.15) is 66.6 Å². The number of rotatable bonds is 7. The normalized spacial score (nSPS) is 10.6. The molecule has 6 nitrogen and oxygen atoms in total. The molecule has 2 amide bonds. The van der Waals surface area contributed by atoms with Crippen LogP contribution < -0.4 is 5.32 Å². The van der Waals surface area contributed by atoms with E-state index in [2.05, 4.69) is 5.32 Å². The van der Waals surface area contributed by atoms with E-state index in [9.17, 15) is 14.4 Å². The topological polar surface area (TPSA) is 75.7 Å². The fraction of sp³-hybridized carbons (Fsp3) is 0.588. The molecule has 1 rings (SSSR count). The zero-order valence-electron chi connectivity index (χ0n) is 15.2. The summed E-state index contributed by atoms with van der Waals surface area (Å²) in [6.07, 6.45) is 0.00281. The van der Waals surface area contributed by atoms with E-state index >= 15 is 0 Å². The Morgan fingerprint density at radius 3 is 2.21 bits per heavy atom. The van der Waals surface area contributed by atoms with Crippen LogP contribution in [0.3, 0.4) is 0 Å². The Kier molecular flexibility index (Phi) is 7.41. The van der Waals surface area contributed by atoms with Crippen molar-refractivity contribution in [3.63, 3.8) is 0 Å². The molecule has 0 aliphatic rings. The number of nitrogens with one attached hydrogen (secondary N) is 1. The molecule has 1 aromatic heterocycles. The van der Waals surface area contributed by atoms with Crippen LogP contribution in [0, 0.1) is 6.92 Å². The minimum Gasteiger partial charge on any atom is -0.459 e. The van der Waals surface area contributed by atoms with E-state index in [0.29, 0.717) is 28.5 Å². The molecule has 0 aliphatic carbocycles. The van der Waals surface area contributed by atoms with Crippen molar-refractivity contribution >= 4 is 34.1 Å². The molecule has 0 aromatic carbocycles. The van der Waals surface area contributed by atoms with E-state index in [1.54, 1.807) is 32.6 Å². The van der Waals surface area contributed by atoms with Gasteiger partial charge in [0.25, 0.3) is 5.91 Å². The summed E-state index contributed by atoms with van der Waals surface area (Å²) in [5.41, 5.74) is 0.819. The van der Waals surface area contributed by atoms with Gasteiger partial charge in [-0.2, -0.15) is 0 Å². The van der Waals surface area contributed by atoms with Crippen molar-refractivity contribution in [3.8, 4) is 0 Å². The highest BCUT2D eigenvalue weighted by Crippen LogP contribution is 2.35. The average Bonchev–Trinajstić information content (AvgIpc) is 2.83. The highest BCUT2D eigenvalue weighted by molar-refractivity contribution is 7.18. The summed E-state index contributed by atoms with van der Waals surface area (Å²) in [6.45, 7) is 11.9. The van der Waals surface area contributed by atoms with Gasteiger partial charge in [-0.25, -0.2) is 4.79 Å². The largest absolute Gasteiger partial charge is 0.459 e. The number of carbonyl (C=O) groups is 3. The molecule has 1 heterocycles. The Bertz CT molecular complexity index is 618. The molecule has 0 aliphatic heterocycles. The quantitative estimate of drug-likeness (QED) is 0.761. The van der Waals surface area contributed by atoms with Gasteiger partial charge in [0.1, 0.15) is 5.00 Å². The Morgan fingerprint density at radius 1 is 1.17 bits per heavy atom. The van der Waals surface area contributed by atoms with Crippen LogP contribution in [0.15, 0.2) is 0 Å². The van der Waals surface area contributed by atoms with E-state index in [0.717, 1.165) is 11.3 Å². The van der Waals surface area contributed by atoms with Crippen LogP contribution in [0.5, 0.6) is 0 Å². The Hall–Kier alpha value is -1.89. The lowest BCUT2D eigenvalue weighted by Gasteiger charge is -2.18. The monoisotopic (exact) mass is 354 g/mol. The van der Waals surface area contributed by atoms with Crippen molar-refractivity contribution in [1.82, 2.24) is 4.90 Å². The van der Waals surface area contributed by atoms with Gasteiger partial charge in [-0.3, -0.25) is 9.59 Å². The maximum absolute atomic E-state index is 12.7. The molecule has 0 bridgehead atoms. The number of amides is 2. The third-order valence-corrected chi connectivity index (χ3v) is 4.71. The van der Waals surface area contributed by atoms with Gasteiger partial charge in [0.15, 0.2) is 0 Å². The standard InChI is InChI=1S/C17H26N2O4S/c1-7-12(20)18-15-13(17(22)23-10(4)5)11(6)14(24-15)16(21)19(8-2)9-3/h10H,7-9H2,1-6H3,(H,18,20). The molecule has 1 N–H and O–H groups in total. The molecule has 134 valence electrons. The summed E-state index contributed by atoms with van der Waals surface area (Å²) in [7, 11) is 0. The minimum absolute atomic E-state index is 0.141. The number of hydrogen-bond donors (Lipinski definition) is 1.